The molecule has 1 fully saturated rings. The molecule has 0 N–H and O–H groups in total. The first-order valence-electron chi connectivity index (χ1n) is 13.7. The van der Waals surface area contributed by atoms with Gasteiger partial charge in [0, 0.05) is 55.1 Å². The Morgan fingerprint density at radius 1 is 1.02 bits per heavy atom. The number of rotatable bonds is 5. The number of nitrogens with zero attached hydrogens (tertiary/aromatic N) is 7. The van der Waals surface area contributed by atoms with Crippen molar-refractivity contribution in [3.05, 3.63) is 95.7 Å². The predicted octanol–water partition coefficient (Wildman–Crippen LogP) is 4.54. The zero-order chi connectivity index (χ0) is 27.5. The largest absolute Gasteiger partial charge is 0.365 e. The Kier molecular flexibility index (Phi) is 7.11. The topological polar surface area (TPSA) is 89.2 Å². The van der Waals surface area contributed by atoms with Gasteiger partial charge in [-0.25, -0.2) is 9.97 Å². The molecule has 8 heteroatoms. The van der Waals surface area contributed by atoms with Gasteiger partial charge in [-0.1, -0.05) is 36.4 Å². The van der Waals surface area contributed by atoms with E-state index in [1.807, 2.05) is 18.2 Å². The summed E-state index contributed by atoms with van der Waals surface area (Å²) in [6.45, 7) is 5.50. The van der Waals surface area contributed by atoms with Crippen LogP contribution < -0.4 is 9.80 Å². The SMILES string of the molecule is Cc1cccc2cccc(N3CCc4c(ncnc4N4CCN(C(=O)/C=C/c5ccccn5)[C@@H](CC#N)C4)C3)c12. The summed E-state index contributed by atoms with van der Waals surface area (Å²) in [5.74, 6) is 0.828. The van der Waals surface area contributed by atoms with E-state index in [2.05, 4.69) is 64.2 Å². The Morgan fingerprint density at radius 3 is 2.73 bits per heavy atom. The third-order valence-corrected chi connectivity index (χ3v) is 7.89. The first-order valence-corrected chi connectivity index (χ1v) is 13.7. The monoisotopic (exact) mass is 529 g/mol. The maximum absolute atomic E-state index is 13.1. The molecule has 40 heavy (non-hydrogen) atoms. The molecule has 0 aliphatic carbocycles. The normalized spacial score (nSPS) is 17.2. The van der Waals surface area contributed by atoms with Crippen molar-refractivity contribution >= 4 is 34.3 Å². The Labute approximate surface area is 234 Å². The van der Waals surface area contributed by atoms with Crippen molar-refractivity contribution in [2.24, 2.45) is 0 Å². The van der Waals surface area contributed by atoms with Gasteiger partial charge >= 0.3 is 0 Å². The van der Waals surface area contributed by atoms with Crippen molar-refractivity contribution in [2.45, 2.75) is 32.4 Å². The third-order valence-electron chi connectivity index (χ3n) is 7.89. The fraction of sp³-hybridized carbons (Fsp3) is 0.281. The van der Waals surface area contributed by atoms with Crippen LogP contribution in [0.2, 0.25) is 0 Å². The Hall–Kier alpha value is -4.77. The second-order valence-electron chi connectivity index (χ2n) is 10.3. The van der Waals surface area contributed by atoms with Gasteiger partial charge in [0.05, 0.1) is 36.5 Å². The minimum Gasteiger partial charge on any atom is -0.365 e. The Balaban J connectivity index is 1.21. The summed E-state index contributed by atoms with van der Waals surface area (Å²) in [4.78, 5) is 33.2. The van der Waals surface area contributed by atoms with Crippen LogP contribution in [0.3, 0.4) is 0 Å². The van der Waals surface area contributed by atoms with Crippen LogP contribution in [0.15, 0.2) is 73.2 Å². The van der Waals surface area contributed by atoms with Crippen molar-refractivity contribution < 1.29 is 4.79 Å². The van der Waals surface area contributed by atoms with E-state index in [0.29, 0.717) is 19.6 Å². The first-order chi connectivity index (χ1) is 19.6. The molecule has 2 aliphatic rings. The van der Waals surface area contributed by atoms with Gasteiger partial charge in [-0.3, -0.25) is 9.78 Å². The van der Waals surface area contributed by atoms with E-state index in [4.69, 9.17) is 9.97 Å². The number of nitriles is 1. The lowest BCUT2D eigenvalue weighted by molar-refractivity contribution is -0.128. The maximum atomic E-state index is 13.1. The quantitative estimate of drug-likeness (QED) is 0.351. The van der Waals surface area contributed by atoms with Crippen LogP contribution in [0.5, 0.6) is 0 Å². The van der Waals surface area contributed by atoms with Crippen LogP contribution in [0, 0.1) is 18.3 Å². The number of amides is 1. The molecule has 8 nitrogen and oxygen atoms in total. The van der Waals surface area contributed by atoms with Crippen LogP contribution >= 0.6 is 0 Å². The molecule has 2 aliphatic heterocycles. The van der Waals surface area contributed by atoms with Crippen LogP contribution in [0.4, 0.5) is 11.5 Å². The fourth-order valence-electron chi connectivity index (χ4n) is 5.93. The highest BCUT2D eigenvalue weighted by atomic mass is 16.2. The van der Waals surface area contributed by atoms with Crippen molar-refractivity contribution in [1.82, 2.24) is 19.9 Å². The molecule has 2 aromatic heterocycles. The van der Waals surface area contributed by atoms with E-state index in [9.17, 15) is 10.1 Å². The number of carbonyl (C=O) groups is 1. The summed E-state index contributed by atoms with van der Waals surface area (Å²) >= 11 is 0. The molecule has 0 bridgehead atoms. The number of benzene rings is 2. The average molecular weight is 530 g/mol. The van der Waals surface area contributed by atoms with Crippen LogP contribution in [-0.2, 0) is 17.8 Å². The molecule has 1 saturated heterocycles. The molecule has 1 amide bonds. The van der Waals surface area contributed by atoms with E-state index < -0.39 is 0 Å². The summed E-state index contributed by atoms with van der Waals surface area (Å²) < 4.78 is 0. The van der Waals surface area contributed by atoms with E-state index in [-0.39, 0.29) is 18.4 Å². The number of aryl methyl sites for hydroxylation is 1. The summed E-state index contributed by atoms with van der Waals surface area (Å²) in [6, 6.07) is 20.6. The highest BCUT2D eigenvalue weighted by molar-refractivity contribution is 5.97. The molecule has 6 rings (SSSR count). The summed E-state index contributed by atoms with van der Waals surface area (Å²) in [5, 5.41) is 12.1. The molecule has 0 saturated carbocycles. The number of anilines is 2. The van der Waals surface area contributed by atoms with Gasteiger partial charge in [0.25, 0.3) is 0 Å². The van der Waals surface area contributed by atoms with Gasteiger partial charge in [0.1, 0.15) is 12.1 Å². The molecule has 0 spiro atoms. The number of hydrogen-bond donors (Lipinski definition) is 0. The standard InChI is InChI=1S/C32H31N7O/c1-23-6-4-7-24-8-5-10-29(31(23)24)37-17-14-27-28(21-37)35-22-36-32(27)38-18-19-39(26(20-38)13-15-33)30(40)12-11-25-9-2-3-16-34-25/h2-12,16,22,26H,13-14,17-21H2,1H3/b12-11+/t26-/m0/s1. The lowest BCUT2D eigenvalue weighted by Gasteiger charge is -2.42. The second kappa shape index (κ2) is 11.1. The van der Waals surface area contributed by atoms with Gasteiger partial charge in [-0.2, -0.15) is 5.26 Å². The van der Waals surface area contributed by atoms with Crippen LogP contribution in [-0.4, -0.2) is 58.0 Å². The van der Waals surface area contributed by atoms with E-state index in [0.717, 1.165) is 36.7 Å². The number of piperazine rings is 1. The van der Waals surface area contributed by atoms with Crippen molar-refractivity contribution in [1.29, 1.82) is 5.26 Å². The van der Waals surface area contributed by atoms with Gasteiger partial charge in [-0.15, -0.1) is 0 Å². The second-order valence-corrected chi connectivity index (χ2v) is 10.3. The molecular formula is C32H31N7O. The van der Waals surface area contributed by atoms with Crippen molar-refractivity contribution in [3.63, 3.8) is 0 Å². The highest BCUT2D eigenvalue weighted by Gasteiger charge is 2.32. The van der Waals surface area contributed by atoms with Gasteiger partial charge in [0.15, 0.2) is 0 Å². The summed E-state index contributed by atoms with van der Waals surface area (Å²) in [7, 11) is 0. The minimum absolute atomic E-state index is 0.101. The van der Waals surface area contributed by atoms with Crippen LogP contribution in [0.25, 0.3) is 16.8 Å². The zero-order valence-electron chi connectivity index (χ0n) is 22.6. The molecule has 4 heterocycles. The van der Waals surface area contributed by atoms with E-state index >= 15 is 0 Å². The highest BCUT2D eigenvalue weighted by Crippen LogP contribution is 2.34. The number of fused-ring (bicyclic) bond motifs is 2. The van der Waals surface area contributed by atoms with Crippen LogP contribution in [0.1, 0.15) is 28.9 Å². The smallest absolute Gasteiger partial charge is 0.247 e. The zero-order valence-corrected chi connectivity index (χ0v) is 22.6. The molecule has 0 radical (unpaired) electrons. The molecule has 0 unspecified atom stereocenters. The molecule has 4 aromatic rings. The maximum Gasteiger partial charge on any atom is 0.247 e. The van der Waals surface area contributed by atoms with E-state index in [1.54, 1.807) is 29.6 Å². The predicted molar refractivity (Wildman–Crippen MR) is 157 cm³/mol. The molecular weight excluding hydrogens is 498 g/mol. The lowest BCUT2D eigenvalue weighted by Crippen LogP contribution is -2.55. The van der Waals surface area contributed by atoms with Gasteiger partial charge < -0.3 is 14.7 Å². The summed E-state index contributed by atoms with van der Waals surface area (Å²) in [5.41, 5.74) is 5.44. The fourth-order valence-corrected chi connectivity index (χ4v) is 5.93. The number of hydrogen-bond acceptors (Lipinski definition) is 7. The first kappa shape index (κ1) is 25.5. The molecule has 200 valence electrons. The molecule has 2 aromatic carbocycles. The Bertz CT molecular complexity index is 1610. The minimum atomic E-state index is -0.219. The van der Waals surface area contributed by atoms with Gasteiger partial charge in [-0.05, 0) is 48.6 Å². The van der Waals surface area contributed by atoms with Crippen molar-refractivity contribution in [2.75, 3.05) is 36.0 Å². The van der Waals surface area contributed by atoms with Gasteiger partial charge in [0.2, 0.25) is 5.91 Å². The number of aromatic nitrogens is 3. The lowest BCUT2D eigenvalue weighted by atomic mass is 9.99. The third kappa shape index (κ3) is 4.98. The Morgan fingerprint density at radius 2 is 1.90 bits per heavy atom. The average Bonchev–Trinajstić information content (AvgIpc) is 3.00. The van der Waals surface area contributed by atoms with E-state index in [1.165, 1.54) is 27.6 Å². The number of pyridine rings is 1. The summed E-state index contributed by atoms with van der Waals surface area (Å²) in [6.07, 6.45) is 7.73. The van der Waals surface area contributed by atoms with Crippen molar-refractivity contribution in [3.8, 4) is 6.07 Å². The number of carbonyl (C=O) groups excluding carboxylic acids is 1. The molecule has 1 atom stereocenters.